The third kappa shape index (κ3) is 4.09. The van der Waals surface area contributed by atoms with E-state index in [1.54, 1.807) is 0 Å². The van der Waals surface area contributed by atoms with E-state index in [0.29, 0.717) is 25.5 Å². The van der Waals surface area contributed by atoms with Gasteiger partial charge in [0.05, 0.1) is 18.9 Å². The highest BCUT2D eigenvalue weighted by atomic mass is 16.7. The number of hydrogen-bond acceptors (Lipinski definition) is 5. The van der Waals surface area contributed by atoms with Crippen molar-refractivity contribution in [3.63, 3.8) is 0 Å². The number of aliphatic carboxylic acids is 1. The Bertz CT molecular complexity index is 1000. The highest BCUT2D eigenvalue weighted by Gasteiger charge is 2.40. The van der Waals surface area contributed by atoms with Crippen molar-refractivity contribution in [1.82, 2.24) is 4.98 Å². The van der Waals surface area contributed by atoms with Crippen LogP contribution in [0.2, 0.25) is 0 Å². The molecule has 2 heterocycles. The Balaban J connectivity index is 1.49. The van der Waals surface area contributed by atoms with E-state index in [2.05, 4.69) is 11.1 Å². The summed E-state index contributed by atoms with van der Waals surface area (Å²) >= 11 is 0. The molecule has 1 saturated heterocycles. The number of benzene rings is 2. The van der Waals surface area contributed by atoms with Gasteiger partial charge < -0.3 is 19.0 Å². The van der Waals surface area contributed by atoms with E-state index in [4.69, 9.17) is 13.9 Å². The fourth-order valence-electron chi connectivity index (χ4n) is 3.37. The number of oxazole rings is 1. The molecule has 6 nitrogen and oxygen atoms in total. The van der Waals surface area contributed by atoms with Crippen molar-refractivity contribution in [3.05, 3.63) is 77.2 Å². The summed E-state index contributed by atoms with van der Waals surface area (Å²) < 4.78 is 16.8. The van der Waals surface area contributed by atoms with Crippen molar-refractivity contribution in [3.8, 4) is 11.5 Å². The minimum absolute atomic E-state index is 0.0133. The second-order valence-electron chi connectivity index (χ2n) is 7.38. The van der Waals surface area contributed by atoms with E-state index >= 15 is 0 Å². The maximum Gasteiger partial charge on any atom is 0.364 e. The van der Waals surface area contributed by atoms with Gasteiger partial charge in [0, 0.05) is 24.8 Å². The third-order valence-corrected chi connectivity index (χ3v) is 5.22. The highest BCUT2D eigenvalue weighted by molar-refractivity contribution is 5.75. The third-order valence-electron chi connectivity index (χ3n) is 5.22. The SMILES string of the molecule is Cc1oc(-c2ccccc2)nc1Cc1cccc([C@H]2CO[C@@](C)(C(=O)O)OC2)c1. The Labute approximate surface area is 169 Å². The predicted molar refractivity (Wildman–Crippen MR) is 107 cm³/mol. The van der Waals surface area contributed by atoms with E-state index in [9.17, 15) is 9.90 Å². The van der Waals surface area contributed by atoms with Crippen molar-refractivity contribution in [1.29, 1.82) is 0 Å². The zero-order valence-corrected chi connectivity index (χ0v) is 16.4. The number of nitrogens with zero attached hydrogens (tertiary/aromatic N) is 1. The molecule has 0 radical (unpaired) electrons. The van der Waals surface area contributed by atoms with Crippen molar-refractivity contribution >= 4 is 5.97 Å². The quantitative estimate of drug-likeness (QED) is 0.701. The first-order chi connectivity index (χ1) is 13.9. The second-order valence-corrected chi connectivity index (χ2v) is 7.38. The number of ether oxygens (including phenoxy) is 2. The maximum atomic E-state index is 11.2. The minimum atomic E-state index is -1.57. The molecule has 1 N–H and O–H groups in total. The summed E-state index contributed by atoms with van der Waals surface area (Å²) in [6.07, 6.45) is 0.650. The monoisotopic (exact) mass is 393 g/mol. The molecule has 1 aromatic heterocycles. The molecule has 2 aromatic carbocycles. The van der Waals surface area contributed by atoms with Gasteiger partial charge in [-0.2, -0.15) is 0 Å². The fraction of sp³-hybridized carbons (Fsp3) is 0.304. The van der Waals surface area contributed by atoms with Gasteiger partial charge in [-0.25, -0.2) is 9.78 Å². The Morgan fingerprint density at radius 1 is 1.14 bits per heavy atom. The van der Waals surface area contributed by atoms with Gasteiger partial charge >= 0.3 is 5.97 Å². The Morgan fingerprint density at radius 3 is 2.55 bits per heavy atom. The molecule has 0 aliphatic carbocycles. The molecule has 3 aromatic rings. The summed E-state index contributed by atoms with van der Waals surface area (Å²) in [6, 6.07) is 18.0. The maximum absolute atomic E-state index is 11.2. The molecule has 1 aliphatic heterocycles. The number of aryl methyl sites for hydroxylation is 1. The van der Waals surface area contributed by atoms with E-state index in [1.807, 2.05) is 55.5 Å². The molecule has 1 aliphatic rings. The largest absolute Gasteiger partial charge is 0.477 e. The molecular formula is C23H23NO5. The Morgan fingerprint density at radius 2 is 1.86 bits per heavy atom. The topological polar surface area (TPSA) is 81.8 Å². The van der Waals surface area contributed by atoms with E-state index in [0.717, 1.165) is 28.1 Å². The summed E-state index contributed by atoms with van der Waals surface area (Å²) in [7, 11) is 0. The molecule has 0 amide bonds. The van der Waals surface area contributed by atoms with Crippen molar-refractivity contribution in [2.75, 3.05) is 13.2 Å². The molecule has 4 rings (SSSR count). The molecule has 6 heteroatoms. The normalized spacial score (nSPS) is 21.8. The molecular weight excluding hydrogens is 370 g/mol. The van der Waals surface area contributed by atoms with Gasteiger partial charge in [0.25, 0.3) is 5.79 Å². The van der Waals surface area contributed by atoms with Crippen molar-refractivity contribution < 1.29 is 23.8 Å². The van der Waals surface area contributed by atoms with Crippen LogP contribution >= 0.6 is 0 Å². The minimum Gasteiger partial charge on any atom is -0.477 e. The van der Waals surface area contributed by atoms with Crippen LogP contribution in [0.3, 0.4) is 0 Å². The molecule has 1 fully saturated rings. The van der Waals surface area contributed by atoms with Crippen LogP contribution in [0.25, 0.3) is 11.5 Å². The predicted octanol–water partition coefficient (Wildman–Crippen LogP) is 4.17. The van der Waals surface area contributed by atoms with Gasteiger partial charge in [-0.15, -0.1) is 0 Å². The van der Waals surface area contributed by atoms with Crippen LogP contribution in [0.1, 0.15) is 35.4 Å². The number of aromatic nitrogens is 1. The number of rotatable bonds is 5. The van der Waals surface area contributed by atoms with Crippen LogP contribution in [0.5, 0.6) is 0 Å². The first kappa shape index (κ1) is 19.4. The summed E-state index contributed by atoms with van der Waals surface area (Å²) in [5, 5.41) is 9.21. The standard InChI is InChI=1S/C23H23NO5/c1-15-20(24-21(29-15)17-8-4-3-5-9-17)12-16-7-6-10-18(11-16)19-13-27-23(2,22(25)26)28-14-19/h3-11,19H,12-14H2,1-2H3,(H,25,26)/t19-,23+. The summed E-state index contributed by atoms with van der Waals surface area (Å²) in [5.74, 6) is -1.27. The smallest absolute Gasteiger partial charge is 0.364 e. The molecule has 29 heavy (non-hydrogen) atoms. The van der Waals surface area contributed by atoms with Crippen LogP contribution in [0, 0.1) is 6.92 Å². The Hall–Kier alpha value is -2.96. The van der Waals surface area contributed by atoms with Crippen LogP contribution < -0.4 is 0 Å². The van der Waals surface area contributed by atoms with Crippen LogP contribution in [0.4, 0.5) is 0 Å². The molecule has 0 atom stereocenters. The van der Waals surface area contributed by atoms with E-state index < -0.39 is 11.8 Å². The first-order valence-electron chi connectivity index (χ1n) is 9.56. The van der Waals surface area contributed by atoms with E-state index in [-0.39, 0.29) is 5.92 Å². The summed E-state index contributed by atoms with van der Waals surface area (Å²) in [6.45, 7) is 3.95. The van der Waals surface area contributed by atoms with Gasteiger partial charge in [0.1, 0.15) is 5.76 Å². The van der Waals surface area contributed by atoms with Crippen molar-refractivity contribution in [2.24, 2.45) is 0 Å². The lowest BCUT2D eigenvalue weighted by Crippen LogP contribution is -2.47. The van der Waals surface area contributed by atoms with Gasteiger partial charge in [-0.3, -0.25) is 0 Å². The summed E-state index contributed by atoms with van der Waals surface area (Å²) in [4.78, 5) is 15.9. The van der Waals surface area contributed by atoms with Crippen LogP contribution in [0.15, 0.2) is 59.0 Å². The number of carbonyl (C=O) groups is 1. The number of carboxylic acid groups (broad SMARTS) is 1. The molecule has 0 spiro atoms. The van der Waals surface area contributed by atoms with Gasteiger partial charge in [-0.05, 0) is 30.2 Å². The van der Waals surface area contributed by atoms with Crippen LogP contribution in [-0.2, 0) is 20.7 Å². The fourth-order valence-corrected chi connectivity index (χ4v) is 3.37. The van der Waals surface area contributed by atoms with Gasteiger partial charge in [0.15, 0.2) is 0 Å². The molecule has 0 bridgehead atoms. The van der Waals surface area contributed by atoms with Gasteiger partial charge in [0.2, 0.25) is 5.89 Å². The molecule has 0 saturated carbocycles. The zero-order chi connectivity index (χ0) is 20.4. The Kier molecular flexibility index (Phi) is 5.22. The lowest BCUT2D eigenvalue weighted by atomic mass is 9.96. The second kappa shape index (κ2) is 7.81. The van der Waals surface area contributed by atoms with E-state index in [1.165, 1.54) is 6.92 Å². The number of carboxylic acids is 1. The lowest BCUT2D eigenvalue weighted by molar-refractivity contribution is -0.262. The van der Waals surface area contributed by atoms with Crippen molar-refractivity contribution in [2.45, 2.75) is 32.0 Å². The average molecular weight is 393 g/mol. The first-order valence-corrected chi connectivity index (χ1v) is 9.56. The zero-order valence-electron chi connectivity index (χ0n) is 16.4. The van der Waals surface area contributed by atoms with Crippen LogP contribution in [-0.4, -0.2) is 35.1 Å². The average Bonchev–Trinajstić information content (AvgIpc) is 3.10. The molecule has 0 unspecified atom stereocenters. The van der Waals surface area contributed by atoms with Gasteiger partial charge in [-0.1, -0.05) is 42.5 Å². The molecule has 150 valence electrons. The highest BCUT2D eigenvalue weighted by Crippen LogP contribution is 2.29. The number of hydrogen-bond donors (Lipinski definition) is 1. The summed E-state index contributed by atoms with van der Waals surface area (Å²) in [5.41, 5.74) is 4.01. The lowest BCUT2D eigenvalue weighted by Gasteiger charge is -2.34.